The number of hydrogen-bond donors (Lipinski definition) is 0. The van der Waals surface area contributed by atoms with Gasteiger partial charge in [-0.1, -0.05) is 42.0 Å². The average molecular weight is 362 g/mol. The van der Waals surface area contributed by atoms with E-state index in [1.54, 1.807) is 18.0 Å². The first-order valence-electron chi connectivity index (χ1n) is 8.77. The minimum atomic E-state index is -0.516. The zero-order valence-electron chi connectivity index (χ0n) is 15.7. The van der Waals surface area contributed by atoms with Gasteiger partial charge in [0.15, 0.2) is 6.61 Å². The van der Waals surface area contributed by atoms with Crippen molar-refractivity contribution in [1.82, 2.24) is 9.88 Å². The summed E-state index contributed by atoms with van der Waals surface area (Å²) in [7, 11) is 1.69. The molecule has 0 N–H and O–H groups in total. The van der Waals surface area contributed by atoms with E-state index in [1.165, 1.54) is 0 Å². The van der Waals surface area contributed by atoms with E-state index in [0.717, 1.165) is 27.7 Å². The molecule has 0 radical (unpaired) electrons. The normalized spacial score (nSPS) is 10.6. The maximum atomic E-state index is 12.6. The third kappa shape index (κ3) is 4.50. The van der Waals surface area contributed by atoms with Gasteiger partial charge in [-0.25, -0.2) is 4.79 Å². The molecule has 0 aliphatic rings. The Kier molecular flexibility index (Phi) is 5.50. The van der Waals surface area contributed by atoms with Crippen LogP contribution >= 0.6 is 0 Å². The molecule has 0 fully saturated rings. The monoisotopic (exact) mass is 362 g/mol. The molecule has 1 aromatic heterocycles. The molecule has 3 aromatic rings. The lowest BCUT2D eigenvalue weighted by molar-refractivity contribution is -0.133. The van der Waals surface area contributed by atoms with Crippen molar-refractivity contribution in [3.8, 4) is 0 Å². The Morgan fingerprint density at radius 1 is 1.04 bits per heavy atom. The number of hydrogen-bond acceptors (Lipinski definition) is 4. The zero-order valence-corrected chi connectivity index (χ0v) is 15.7. The number of benzene rings is 2. The summed E-state index contributed by atoms with van der Waals surface area (Å²) in [5.74, 6) is -0.768. The Labute approximate surface area is 158 Å². The molecule has 3 rings (SSSR count). The van der Waals surface area contributed by atoms with Crippen LogP contribution in [0.3, 0.4) is 0 Å². The third-order valence-electron chi connectivity index (χ3n) is 4.33. The van der Waals surface area contributed by atoms with Gasteiger partial charge in [0.2, 0.25) is 0 Å². The highest BCUT2D eigenvalue weighted by Crippen LogP contribution is 2.21. The molecule has 0 saturated carbocycles. The van der Waals surface area contributed by atoms with Crippen LogP contribution in [0.1, 0.15) is 27.2 Å². The van der Waals surface area contributed by atoms with Gasteiger partial charge in [0, 0.05) is 24.7 Å². The van der Waals surface area contributed by atoms with E-state index in [1.807, 2.05) is 62.4 Å². The Balaban J connectivity index is 1.69. The minimum absolute atomic E-state index is 0.251. The van der Waals surface area contributed by atoms with Gasteiger partial charge in [-0.15, -0.1) is 0 Å². The van der Waals surface area contributed by atoms with E-state index >= 15 is 0 Å². The number of esters is 1. The van der Waals surface area contributed by atoms with Crippen LogP contribution in [0.15, 0.2) is 54.6 Å². The van der Waals surface area contributed by atoms with Crippen LogP contribution in [0.25, 0.3) is 10.9 Å². The second-order valence-electron chi connectivity index (χ2n) is 6.64. The van der Waals surface area contributed by atoms with Crippen molar-refractivity contribution in [3.05, 3.63) is 77.0 Å². The number of pyridine rings is 1. The smallest absolute Gasteiger partial charge is 0.339 e. The number of carbonyl (C=O) groups excluding carboxylic acids is 2. The van der Waals surface area contributed by atoms with Crippen molar-refractivity contribution < 1.29 is 14.3 Å². The molecule has 0 bridgehead atoms. The largest absolute Gasteiger partial charge is 0.452 e. The van der Waals surface area contributed by atoms with E-state index in [-0.39, 0.29) is 12.5 Å². The van der Waals surface area contributed by atoms with E-state index in [0.29, 0.717) is 12.1 Å². The van der Waals surface area contributed by atoms with E-state index in [9.17, 15) is 9.59 Å². The Morgan fingerprint density at radius 3 is 2.52 bits per heavy atom. The lowest BCUT2D eigenvalue weighted by Gasteiger charge is -2.17. The summed E-state index contributed by atoms with van der Waals surface area (Å²) in [6, 6.07) is 17.1. The first-order chi connectivity index (χ1) is 12.9. The summed E-state index contributed by atoms with van der Waals surface area (Å²) >= 11 is 0. The van der Waals surface area contributed by atoms with Gasteiger partial charge in [-0.3, -0.25) is 9.78 Å². The molecular formula is C22H22N2O3. The molecule has 2 aromatic carbocycles. The number of likely N-dealkylation sites (N-methyl/N-ethyl adjacent to an activating group) is 1. The van der Waals surface area contributed by atoms with Crippen LogP contribution in [0.4, 0.5) is 0 Å². The topological polar surface area (TPSA) is 59.5 Å². The van der Waals surface area contributed by atoms with Crippen molar-refractivity contribution >= 4 is 22.8 Å². The molecule has 0 aliphatic heterocycles. The van der Waals surface area contributed by atoms with Crippen LogP contribution in [0, 0.1) is 13.8 Å². The lowest BCUT2D eigenvalue weighted by atomic mass is 10.1. The molecule has 0 atom stereocenters. The van der Waals surface area contributed by atoms with Gasteiger partial charge in [0.05, 0.1) is 11.1 Å². The van der Waals surface area contributed by atoms with Crippen molar-refractivity contribution in [2.75, 3.05) is 13.7 Å². The summed E-state index contributed by atoms with van der Waals surface area (Å²) in [6.45, 7) is 3.95. The number of aromatic nitrogens is 1. The van der Waals surface area contributed by atoms with Crippen molar-refractivity contribution in [1.29, 1.82) is 0 Å². The average Bonchev–Trinajstić information content (AvgIpc) is 2.66. The second kappa shape index (κ2) is 7.99. The molecule has 138 valence electrons. The summed E-state index contributed by atoms with van der Waals surface area (Å²) in [5, 5.41) is 0.732. The van der Waals surface area contributed by atoms with E-state index < -0.39 is 5.97 Å². The first-order valence-corrected chi connectivity index (χ1v) is 8.77. The molecule has 27 heavy (non-hydrogen) atoms. The standard InChI is InChI=1S/C22H22N2O3/c1-15-9-10-20-18(11-15)19(12-16(2)23-20)22(26)27-14-21(25)24(3)13-17-7-5-4-6-8-17/h4-12H,13-14H2,1-3H3. The fourth-order valence-corrected chi connectivity index (χ4v) is 2.90. The number of fused-ring (bicyclic) bond motifs is 1. The second-order valence-corrected chi connectivity index (χ2v) is 6.64. The highest BCUT2D eigenvalue weighted by Gasteiger charge is 2.17. The van der Waals surface area contributed by atoms with Crippen LogP contribution in [0.5, 0.6) is 0 Å². The Hall–Kier alpha value is -3.21. The van der Waals surface area contributed by atoms with E-state index in [4.69, 9.17) is 4.74 Å². The summed E-state index contributed by atoms with van der Waals surface area (Å²) in [4.78, 5) is 30.9. The molecule has 0 spiro atoms. The van der Waals surface area contributed by atoms with Gasteiger partial charge < -0.3 is 9.64 Å². The van der Waals surface area contributed by atoms with Gasteiger partial charge in [-0.05, 0) is 37.6 Å². The molecule has 0 unspecified atom stereocenters. The van der Waals surface area contributed by atoms with Gasteiger partial charge in [0.1, 0.15) is 0 Å². The quantitative estimate of drug-likeness (QED) is 0.650. The van der Waals surface area contributed by atoms with Gasteiger partial charge in [-0.2, -0.15) is 0 Å². The molecule has 1 heterocycles. The molecule has 5 heteroatoms. The third-order valence-corrected chi connectivity index (χ3v) is 4.33. The molecule has 5 nitrogen and oxygen atoms in total. The van der Waals surface area contributed by atoms with Crippen LogP contribution in [0.2, 0.25) is 0 Å². The summed E-state index contributed by atoms with van der Waals surface area (Å²) in [5.41, 5.74) is 3.94. The first kappa shape index (κ1) is 18.6. The number of carbonyl (C=O) groups is 2. The molecular weight excluding hydrogens is 340 g/mol. The summed E-state index contributed by atoms with van der Waals surface area (Å²) in [6.07, 6.45) is 0. The predicted molar refractivity (Wildman–Crippen MR) is 104 cm³/mol. The number of amides is 1. The van der Waals surface area contributed by atoms with Gasteiger partial charge >= 0.3 is 5.97 Å². The fourth-order valence-electron chi connectivity index (χ4n) is 2.90. The van der Waals surface area contributed by atoms with E-state index in [2.05, 4.69) is 4.98 Å². The highest BCUT2D eigenvalue weighted by molar-refractivity contribution is 6.04. The predicted octanol–water partition coefficient (Wildman–Crippen LogP) is 3.67. The minimum Gasteiger partial charge on any atom is -0.452 e. The van der Waals surface area contributed by atoms with Crippen molar-refractivity contribution in [2.45, 2.75) is 20.4 Å². The van der Waals surface area contributed by atoms with Crippen LogP contribution < -0.4 is 0 Å². The van der Waals surface area contributed by atoms with Crippen molar-refractivity contribution in [2.24, 2.45) is 0 Å². The molecule has 1 amide bonds. The number of ether oxygens (including phenoxy) is 1. The number of rotatable bonds is 5. The summed E-state index contributed by atoms with van der Waals surface area (Å²) < 4.78 is 5.29. The number of nitrogens with zero attached hydrogens (tertiary/aromatic N) is 2. The molecule has 0 saturated heterocycles. The lowest BCUT2D eigenvalue weighted by Crippen LogP contribution is -2.30. The Bertz CT molecular complexity index is 984. The van der Waals surface area contributed by atoms with Crippen molar-refractivity contribution in [3.63, 3.8) is 0 Å². The maximum absolute atomic E-state index is 12.6. The molecule has 0 aliphatic carbocycles. The van der Waals surface area contributed by atoms with Crippen LogP contribution in [-0.4, -0.2) is 35.4 Å². The fraction of sp³-hybridized carbons (Fsp3) is 0.227. The van der Waals surface area contributed by atoms with Gasteiger partial charge in [0.25, 0.3) is 5.91 Å². The highest BCUT2D eigenvalue weighted by atomic mass is 16.5. The van der Waals surface area contributed by atoms with Crippen LogP contribution in [-0.2, 0) is 16.1 Å². The Morgan fingerprint density at radius 2 is 1.78 bits per heavy atom. The zero-order chi connectivity index (χ0) is 19.4. The SMILES string of the molecule is Cc1ccc2nc(C)cc(C(=O)OCC(=O)N(C)Cc3ccccc3)c2c1. The number of aryl methyl sites for hydroxylation is 2. The maximum Gasteiger partial charge on any atom is 0.339 e.